The van der Waals surface area contributed by atoms with Crippen molar-refractivity contribution in [2.45, 2.75) is 36.6 Å². The number of thiophene rings is 1. The maximum Gasteiger partial charge on any atom is 0.254 e. The van der Waals surface area contributed by atoms with Gasteiger partial charge in [-0.2, -0.15) is 4.31 Å². The Balaban J connectivity index is 2.24. The van der Waals surface area contributed by atoms with Crippen molar-refractivity contribution < 1.29 is 13.2 Å². The minimum absolute atomic E-state index is 0.170. The Morgan fingerprint density at radius 2 is 2.10 bits per heavy atom. The van der Waals surface area contributed by atoms with Gasteiger partial charge in [-0.05, 0) is 32.9 Å². The van der Waals surface area contributed by atoms with Gasteiger partial charge in [-0.3, -0.25) is 4.79 Å². The first-order valence-corrected chi connectivity index (χ1v) is 10.1. The predicted molar refractivity (Wildman–Crippen MR) is 87.4 cm³/mol. The molecule has 1 aromatic rings. The predicted octanol–water partition coefficient (Wildman–Crippen LogP) is 2.38. The summed E-state index contributed by atoms with van der Waals surface area (Å²) in [6, 6.07) is 2.34. The number of hydrogen-bond acceptors (Lipinski definition) is 5. The molecule has 0 aromatic carbocycles. The maximum absolute atomic E-state index is 12.6. The van der Waals surface area contributed by atoms with Crippen LogP contribution in [-0.2, 0) is 14.8 Å². The van der Waals surface area contributed by atoms with Gasteiger partial charge in [-0.1, -0.05) is 11.6 Å². The van der Waals surface area contributed by atoms with E-state index >= 15 is 0 Å². The molecule has 9 heteroatoms. The second-order valence-electron chi connectivity index (χ2n) is 5.71. The number of amides is 1. The van der Waals surface area contributed by atoms with Crippen molar-refractivity contribution in [1.82, 2.24) is 9.62 Å². The Bertz CT molecular complexity index is 636. The van der Waals surface area contributed by atoms with Crippen LogP contribution < -0.4 is 5.32 Å². The van der Waals surface area contributed by atoms with Gasteiger partial charge in [0.25, 0.3) is 10.0 Å². The van der Waals surface area contributed by atoms with Crippen molar-refractivity contribution in [3.05, 3.63) is 16.5 Å². The molecule has 2 rings (SSSR count). The van der Waals surface area contributed by atoms with Crippen LogP contribution in [0, 0.1) is 0 Å². The minimum Gasteiger partial charge on any atom is -0.350 e. The summed E-state index contributed by atoms with van der Waals surface area (Å²) < 4.78 is 27.1. The molecule has 1 fully saturated rings. The third-order valence-electron chi connectivity index (χ3n) is 2.75. The van der Waals surface area contributed by atoms with Gasteiger partial charge < -0.3 is 5.32 Å². The highest BCUT2D eigenvalue weighted by molar-refractivity contribution is 8.01. The minimum atomic E-state index is -3.68. The van der Waals surface area contributed by atoms with Crippen molar-refractivity contribution >= 4 is 50.6 Å². The van der Waals surface area contributed by atoms with Gasteiger partial charge in [0.2, 0.25) is 5.91 Å². The molecular formula is C12H17ClN2O3S3. The molecule has 0 bridgehead atoms. The summed E-state index contributed by atoms with van der Waals surface area (Å²) in [5, 5.41) is 2.84. The standard InChI is InChI=1S/C12H17ClN2O3S3/c1-12(2,3)14-11(16)8-6-19-7-15(8)21(17,18)10-5-4-9(13)20-10/h4-5,8H,6-7H2,1-3H3,(H,14,16). The van der Waals surface area contributed by atoms with Crippen molar-refractivity contribution in [2.24, 2.45) is 0 Å². The molecule has 1 atom stereocenters. The highest BCUT2D eigenvalue weighted by Gasteiger charge is 2.41. The highest BCUT2D eigenvalue weighted by atomic mass is 35.5. The van der Waals surface area contributed by atoms with E-state index in [0.717, 1.165) is 11.3 Å². The third-order valence-corrected chi connectivity index (χ3v) is 7.48. The monoisotopic (exact) mass is 368 g/mol. The van der Waals surface area contributed by atoms with Crippen molar-refractivity contribution in [3.8, 4) is 0 Å². The number of thioether (sulfide) groups is 1. The van der Waals surface area contributed by atoms with Crippen LogP contribution >= 0.6 is 34.7 Å². The summed E-state index contributed by atoms with van der Waals surface area (Å²) in [6.07, 6.45) is 0. The van der Waals surface area contributed by atoms with Crippen molar-refractivity contribution in [3.63, 3.8) is 0 Å². The van der Waals surface area contributed by atoms with Crippen LogP contribution in [0.15, 0.2) is 16.3 Å². The second-order valence-corrected chi connectivity index (χ2v) is 10.5. The molecule has 1 N–H and O–H groups in total. The number of nitrogens with zero attached hydrogens (tertiary/aromatic N) is 1. The third kappa shape index (κ3) is 3.92. The van der Waals surface area contributed by atoms with Gasteiger partial charge in [-0.15, -0.1) is 23.1 Å². The fourth-order valence-corrected chi connectivity index (χ4v) is 6.64. The number of carbonyl (C=O) groups is 1. The first-order chi connectivity index (χ1) is 9.61. The van der Waals surface area contributed by atoms with E-state index in [1.54, 1.807) is 6.07 Å². The highest BCUT2D eigenvalue weighted by Crippen LogP contribution is 2.33. The quantitative estimate of drug-likeness (QED) is 0.889. The van der Waals surface area contributed by atoms with Crippen LogP contribution in [0.3, 0.4) is 0 Å². The number of rotatable bonds is 3. The van der Waals surface area contributed by atoms with Gasteiger partial charge in [-0.25, -0.2) is 8.42 Å². The van der Waals surface area contributed by atoms with Gasteiger partial charge in [0.05, 0.1) is 10.2 Å². The average molecular weight is 369 g/mol. The number of sulfonamides is 1. The smallest absolute Gasteiger partial charge is 0.254 e. The molecule has 0 saturated carbocycles. The Hall–Kier alpha value is -0.280. The number of nitrogens with one attached hydrogen (secondary N) is 1. The molecule has 1 aromatic heterocycles. The summed E-state index contributed by atoms with van der Waals surface area (Å²) in [4.78, 5) is 12.3. The first-order valence-electron chi connectivity index (χ1n) is 6.28. The van der Waals surface area contributed by atoms with Crippen molar-refractivity contribution in [1.29, 1.82) is 0 Å². The Kier molecular flexibility index (Phi) is 4.94. The molecule has 0 radical (unpaired) electrons. The van der Waals surface area contributed by atoms with E-state index in [-0.39, 0.29) is 16.0 Å². The molecule has 0 spiro atoms. The first kappa shape index (κ1) is 17.1. The SMILES string of the molecule is CC(C)(C)NC(=O)C1CSCN1S(=O)(=O)c1ccc(Cl)s1. The molecule has 1 saturated heterocycles. The summed E-state index contributed by atoms with van der Waals surface area (Å²) in [5.74, 6) is 0.471. The summed E-state index contributed by atoms with van der Waals surface area (Å²) >= 11 is 8.24. The van der Waals surface area contributed by atoms with E-state index in [9.17, 15) is 13.2 Å². The van der Waals surface area contributed by atoms with E-state index in [2.05, 4.69) is 5.32 Å². The van der Waals surface area contributed by atoms with Gasteiger partial charge in [0.15, 0.2) is 0 Å². The van der Waals surface area contributed by atoms with Crippen molar-refractivity contribution in [2.75, 3.05) is 11.6 Å². The zero-order valence-corrected chi connectivity index (χ0v) is 15.1. The average Bonchev–Trinajstić information content (AvgIpc) is 2.94. The molecule has 5 nitrogen and oxygen atoms in total. The molecule has 118 valence electrons. The Morgan fingerprint density at radius 1 is 1.43 bits per heavy atom. The van der Waals surface area contributed by atoms with E-state index in [1.165, 1.54) is 22.1 Å². The topological polar surface area (TPSA) is 66.5 Å². The van der Waals surface area contributed by atoms with E-state index in [4.69, 9.17) is 11.6 Å². The second kappa shape index (κ2) is 6.08. The van der Waals surface area contributed by atoms with E-state index in [1.807, 2.05) is 20.8 Å². The molecule has 0 aliphatic carbocycles. The summed E-state index contributed by atoms with van der Waals surface area (Å²) in [7, 11) is -3.68. The fourth-order valence-electron chi connectivity index (χ4n) is 1.88. The zero-order valence-electron chi connectivity index (χ0n) is 11.9. The number of carbonyl (C=O) groups excluding carboxylic acids is 1. The maximum atomic E-state index is 12.6. The van der Waals surface area contributed by atoms with Crippen LogP contribution in [0.25, 0.3) is 0 Å². The van der Waals surface area contributed by atoms with Gasteiger partial charge >= 0.3 is 0 Å². The van der Waals surface area contributed by atoms with E-state index < -0.39 is 21.6 Å². The molecular weight excluding hydrogens is 352 g/mol. The molecule has 1 amide bonds. The van der Waals surface area contributed by atoms with E-state index in [0.29, 0.717) is 10.1 Å². The largest absolute Gasteiger partial charge is 0.350 e. The normalized spacial score (nSPS) is 20.7. The molecule has 1 aliphatic heterocycles. The molecule has 1 aliphatic rings. The Labute approximate surface area is 138 Å². The zero-order chi connectivity index (χ0) is 15.8. The van der Waals surface area contributed by atoms with Crippen LogP contribution in [-0.4, -0.2) is 41.8 Å². The van der Waals surface area contributed by atoms with Crippen LogP contribution in [0.2, 0.25) is 4.34 Å². The van der Waals surface area contributed by atoms with Crippen LogP contribution in [0.5, 0.6) is 0 Å². The number of halogens is 1. The lowest BCUT2D eigenvalue weighted by molar-refractivity contribution is -0.125. The van der Waals surface area contributed by atoms with Crippen LogP contribution in [0.4, 0.5) is 0 Å². The molecule has 2 heterocycles. The Morgan fingerprint density at radius 3 is 2.62 bits per heavy atom. The number of hydrogen-bond donors (Lipinski definition) is 1. The lowest BCUT2D eigenvalue weighted by Gasteiger charge is -2.26. The fraction of sp³-hybridized carbons (Fsp3) is 0.583. The lowest BCUT2D eigenvalue weighted by atomic mass is 10.1. The van der Waals surface area contributed by atoms with Gasteiger partial charge in [0, 0.05) is 11.3 Å². The summed E-state index contributed by atoms with van der Waals surface area (Å²) in [5.41, 5.74) is -0.397. The molecule has 1 unspecified atom stereocenters. The van der Waals surface area contributed by atoms with Gasteiger partial charge in [0.1, 0.15) is 10.3 Å². The van der Waals surface area contributed by atoms with Crippen LogP contribution in [0.1, 0.15) is 20.8 Å². The summed E-state index contributed by atoms with van der Waals surface area (Å²) in [6.45, 7) is 5.60. The molecule has 21 heavy (non-hydrogen) atoms. The lowest BCUT2D eigenvalue weighted by Crippen LogP contribution is -2.52.